The van der Waals surface area contributed by atoms with Crippen LogP contribution in [0.25, 0.3) is 0 Å². The summed E-state index contributed by atoms with van der Waals surface area (Å²) in [5.41, 5.74) is 0. The van der Waals surface area contributed by atoms with E-state index in [0.717, 1.165) is 5.75 Å². The number of hydrogen-bond acceptors (Lipinski definition) is 2. The van der Waals surface area contributed by atoms with E-state index in [1.807, 2.05) is 0 Å². The van der Waals surface area contributed by atoms with Crippen LogP contribution in [0.15, 0.2) is 0 Å². The molecule has 0 aromatic rings. The molecular weight excluding hydrogens is 140 g/mol. The van der Waals surface area contributed by atoms with E-state index in [1.54, 1.807) is 0 Å². The molecule has 0 aliphatic carbocycles. The molecule has 3 heteroatoms. The fourth-order valence-electron chi connectivity index (χ4n) is 0.515. The van der Waals surface area contributed by atoms with Crippen LogP contribution in [0.2, 0.25) is 0 Å². The first-order chi connectivity index (χ1) is 3.83. The summed E-state index contributed by atoms with van der Waals surface area (Å²) in [6, 6.07) is 0. The monoisotopic (exact) mass is 146 g/mol. The van der Waals surface area contributed by atoms with E-state index in [9.17, 15) is 4.21 Å². The second-order valence-corrected chi connectivity index (χ2v) is 4.95. The van der Waals surface area contributed by atoms with E-state index in [1.165, 1.54) is 10.8 Å². The van der Waals surface area contributed by atoms with Crippen molar-refractivity contribution in [2.75, 3.05) is 11.5 Å². The van der Waals surface area contributed by atoms with Crippen molar-refractivity contribution in [3.8, 4) is 12.3 Å². The Labute approximate surface area is 55.1 Å². The highest BCUT2D eigenvalue weighted by molar-refractivity contribution is 8.69. The average Bonchev–Trinajstić information content (AvgIpc) is 2.14. The standard InChI is InChI=1S/C5H6OS2/c1-2-5-3-7-8(6)4-5/h1,5H,3-4H2/t5-,8?/m1/s1. The maximum atomic E-state index is 10.6. The van der Waals surface area contributed by atoms with E-state index in [-0.39, 0.29) is 5.92 Å². The SMILES string of the molecule is C#C[C@@H]1CSS(=O)C1. The van der Waals surface area contributed by atoms with Crippen LogP contribution < -0.4 is 0 Å². The van der Waals surface area contributed by atoms with Gasteiger partial charge in [-0.1, -0.05) is 10.8 Å². The molecule has 0 aromatic carbocycles. The molecule has 1 rings (SSSR count). The zero-order chi connectivity index (χ0) is 5.98. The normalized spacial score (nSPS) is 36.9. The summed E-state index contributed by atoms with van der Waals surface area (Å²) in [7, 11) is 0.781. The van der Waals surface area contributed by atoms with Crippen molar-refractivity contribution in [1.82, 2.24) is 0 Å². The molecule has 1 saturated heterocycles. The topological polar surface area (TPSA) is 17.1 Å². The van der Waals surface area contributed by atoms with Crippen molar-refractivity contribution in [3.05, 3.63) is 0 Å². The lowest BCUT2D eigenvalue weighted by atomic mass is 10.2. The first kappa shape index (κ1) is 6.18. The van der Waals surface area contributed by atoms with Gasteiger partial charge < -0.3 is 0 Å². The lowest BCUT2D eigenvalue weighted by Crippen LogP contribution is -1.97. The molecule has 1 heterocycles. The van der Waals surface area contributed by atoms with Gasteiger partial charge in [-0.05, 0) is 0 Å². The first-order valence-corrected chi connectivity index (χ1v) is 5.13. The molecular formula is C5H6OS2. The van der Waals surface area contributed by atoms with Gasteiger partial charge in [0.1, 0.15) is 0 Å². The van der Waals surface area contributed by atoms with E-state index >= 15 is 0 Å². The summed E-state index contributed by atoms with van der Waals surface area (Å²) in [6.45, 7) is 0. The number of terminal acetylenes is 1. The molecule has 0 spiro atoms. The molecule has 0 bridgehead atoms. The van der Waals surface area contributed by atoms with Gasteiger partial charge in [0, 0.05) is 17.4 Å². The zero-order valence-electron chi connectivity index (χ0n) is 4.29. The summed E-state index contributed by atoms with van der Waals surface area (Å²) in [6.07, 6.45) is 5.10. The van der Waals surface area contributed by atoms with E-state index in [4.69, 9.17) is 6.42 Å². The molecule has 0 amide bonds. The molecule has 1 nitrogen and oxygen atoms in total. The van der Waals surface area contributed by atoms with Crippen molar-refractivity contribution in [2.24, 2.45) is 5.92 Å². The highest BCUT2D eigenvalue weighted by Crippen LogP contribution is 2.23. The van der Waals surface area contributed by atoms with Gasteiger partial charge in [-0.3, -0.25) is 0 Å². The minimum Gasteiger partial charge on any atom is -0.248 e. The fraction of sp³-hybridized carbons (Fsp3) is 0.600. The zero-order valence-corrected chi connectivity index (χ0v) is 5.93. The molecule has 0 aromatic heterocycles. The maximum Gasteiger partial charge on any atom is 0.0817 e. The van der Waals surface area contributed by atoms with Gasteiger partial charge in [-0.2, -0.15) is 0 Å². The first-order valence-electron chi connectivity index (χ1n) is 2.30. The largest absolute Gasteiger partial charge is 0.248 e. The number of hydrogen-bond donors (Lipinski definition) is 0. The predicted octanol–water partition coefficient (Wildman–Crippen LogP) is 0.646. The number of rotatable bonds is 0. The van der Waals surface area contributed by atoms with Gasteiger partial charge in [0.15, 0.2) is 0 Å². The Balaban J connectivity index is 2.47. The van der Waals surface area contributed by atoms with Crippen molar-refractivity contribution in [2.45, 2.75) is 0 Å². The van der Waals surface area contributed by atoms with Crippen molar-refractivity contribution >= 4 is 20.6 Å². The highest BCUT2D eigenvalue weighted by Gasteiger charge is 2.18. The quantitative estimate of drug-likeness (QED) is 0.368. The Morgan fingerprint density at radius 2 is 2.62 bits per heavy atom. The van der Waals surface area contributed by atoms with Crippen LogP contribution in [-0.4, -0.2) is 15.7 Å². The second-order valence-electron chi connectivity index (χ2n) is 1.62. The van der Waals surface area contributed by atoms with Crippen LogP contribution in [0.5, 0.6) is 0 Å². The lowest BCUT2D eigenvalue weighted by molar-refractivity contribution is 0.689. The highest BCUT2D eigenvalue weighted by atomic mass is 33.1. The maximum absolute atomic E-state index is 10.6. The summed E-state index contributed by atoms with van der Waals surface area (Å²) in [4.78, 5) is 0. The molecule has 44 valence electrons. The van der Waals surface area contributed by atoms with Crippen LogP contribution in [0, 0.1) is 18.3 Å². The van der Waals surface area contributed by atoms with Crippen LogP contribution in [-0.2, 0) is 9.83 Å². The van der Waals surface area contributed by atoms with Crippen molar-refractivity contribution in [3.63, 3.8) is 0 Å². The van der Waals surface area contributed by atoms with Crippen LogP contribution in [0.4, 0.5) is 0 Å². The minimum atomic E-state index is -0.679. The Morgan fingerprint density at radius 1 is 1.88 bits per heavy atom. The smallest absolute Gasteiger partial charge is 0.0817 e. The third-order valence-corrected chi connectivity index (χ3v) is 4.05. The van der Waals surface area contributed by atoms with Gasteiger partial charge in [0.25, 0.3) is 0 Å². The van der Waals surface area contributed by atoms with Crippen LogP contribution in [0.3, 0.4) is 0 Å². The van der Waals surface area contributed by atoms with Gasteiger partial charge in [0.05, 0.1) is 9.83 Å². The fourth-order valence-corrected chi connectivity index (χ4v) is 3.56. The van der Waals surface area contributed by atoms with Crippen molar-refractivity contribution in [1.29, 1.82) is 0 Å². The molecule has 0 saturated carbocycles. The molecule has 1 fully saturated rings. The van der Waals surface area contributed by atoms with Gasteiger partial charge in [-0.15, -0.1) is 12.3 Å². The van der Waals surface area contributed by atoms with E-state index in [0.29, 0.717) is 5.75 Å². The van der Waals surface area contributed by atoms with Crippen LogP contribution in [0.1, 0.15) is 0 Å². The summed E-state index contributed by atoms with van der Waals surface area (Å²) >= 11 is 0. The summed E-state index contributed by atoms with van der Waals surface area (Å²) < 4.78 is 10.6. The molecule has 1 aliphatic heterocycles. The van der Waals surface area contributed by atoms with E-state index in [2.05, 4.69) is 5.92 Å². The third kappa shape index (κ3) is 1.27. The Morgan fingerprint density at radius 3 is 2.88 bits per heavy atom. The minimum absolute atomic E-state index is 0.265. The average molecular weight is 146 g/mol. The summed E-state index contributed by atoms with van der Waals surface area (Å²) in [5, 5.41) is 0. The lowest BCUT2D eigenvalue weighted by Gasteiger charge is -1.88. The van der Waals surface area contributed by atoms with Gasteiger partial charge in [-0.25, -0.2) is 4.21 Å². The molecule has 8 heavy (non-hydrogen) atoms. The second kappa shape index (κ2) is 2.56. The molecule has 1 aliphatic rings. The van der Waals surface area contributed by atoms with Gasteiger partial charge >= 0.3 is 0 Å². The predicted molar refractivity (Wildman–Crippen MR) is 37.8 cm³/mol. The molecule has 0 radical (unpaired) electrons. The Kier molecular flexibility index (Phi) is 1.98. The molecule has 1 unspecified atom stereocenters. The van der Waals surface area contributed by atoms with Gasteiger partial charge in [0.2, 0.25) is 0 Å². The Hall–Kier alpha value is 0.0600. The Bertz CT molecular complexity index is 147. The van der Waals surface area contributed by atoms with E-state index < -0.39 is 9.83 Å². The summed E-state index contributed by atoms with van der Waals surface area (Å²) in [5.74, 6) is 4.42. The van der Waals surface area contributed by atoms with Crippen LogP contribution >= 0.6 is 10.8 Å². The third-order valence-electron chi connectivity index (χ3n) is 0.974. The van der Waals surface area contributed by atoms with Crippen molar-refractivity contribution < 1.29 is 4.21 Å². The molecule has 2 atom stereocenters. The molecule has 0 N–H and O–H groups in total.